The van der Waals surface area contributed by atoms with Crippen LogP contribution in [0.25, 0.3) is 17.0 Å². The molecule has 23 heavy (non-hydrogen) atoms. The molecule has 0 radical (unpaired) electrons. The van der Waals surface area contributed by atoms with Gasteiger partial charge in [-0.15, -0.1) is 15.3 Å². The van der Waals surface area contributed by atoms with Crippen molar-refractivity contribution < 1.29 is 4.74 Å². The average molecular weight is 367 g/mol. The second kappa shape index (κ2) is 5.81. The normalized spacial score (nSPS) is 10.8. The zero-order valence-electron chi connectivity index (χ0n) is 11.9. The van der Waals surface area contributed by atoms with Crippen molar-refractivity contribution in [1.29, 1.82) is 0 Å². The number of ether oxygens (including phenoxy) is 1. The van der Waals surface area contributed by atoms with Crippen molar-refractivity contribution >= 4 is 21.6 Å². The lowest BCUT2D eigenvalue weighted by Crippen LogP contribution is -1.97. The first-order valence-corrected chi connectivity index (χ1v) is 7.80. The first-order valence-electron chi connectivity index (χ1n) is 7.01. The van der Waals surface area contributed by atoms with E-state index in [0.29, 0.717) is 17.4 Å². The smallest absolute Gasteiger partial charge is 0.237 e. The molecular weight excluding hydrogens is 356 g/mol. The lowest BCUT2D eigenvalue weighted by atomic mass is 10.2. The summed E-state index contributed by atoms with van der Waals surface area (Å²) in [7, 11) is 0. The fourth-order valence-electron chi connectivity index (χ4n) is 2.21. The van der Waals surface area contributed by atoms with Gasteiger partial charge in [-0.25, -0.2) is 0 Å². The number of fused-ring (bicyclic) bond motifs is 1. The molecule has 2 aromatic carbocycles. The van der Waals surface area contributed by atoms with E-state index in [1.54, 1.807) is 10.6 Å². The van der Waals surface area contributed by atoms with Crippen molar-refractivity contribution in [2.24, 2.45) is 0 Å². The molecule has 0 atom stereocenters. The highest BCUT2D eigenvalue weighted by Gasteiger charge is 2.10. The molecule has 0 unspecified atom stereocenters. The summed E-state index contributed by atoms with van der Waals surface area (Å²) in [6.07, 6.45) is 0. The Morgan fingerprint density at radius 2 is 1.61 bits per heavy atom. The van der Waals surface area contributed by atoms with Gasteiger partial charge in [0.05, 0.1) is 0 Å². The van der Waals surface area contributed by atoms with Crippen LogP contribution in [0, 0.1) is 0 Å². The number of rotatable bonds is 3. The summed E-state index contributed by atoms with van der Waals surface area (Å²) in [5.41, 5.74) is 1.60. The average Bonchev–Trinajstić information content (AvgIpc) is 3.00. The van der Waals surface area contributed by atoms with E-state index < -0.39 is 0 Å². The monoisotopic (exact) mass is 366 g/mol. The molecule has 0 fully saturated rings. The molecular formula is C17H11BrN4O. The molecule has 4 rings (SSSR count). The molecule has 0 aliphatic heterocycles. The van der Waals surface area contributed by atoms with Gasteiger partial charge in [0.15, 0.2) is 11.5 Å². The van der Waals surface area contributed by atoms with Crippen molar-refractivity contribution in [1.82, 2.24) is 19.8 Å². The van der Waals surface area contributed by atoms with Crippen LogP contribution in [0.3, 0.4) is 0 Å². The standard InChI is InChI=1S/C17H11BrN4O/c18-13-8-6-12(7-9-13)17-20-19-15-10-11-16(21-22(15)17)23-14-4-2-1-3-5-14/h1-11H. The van der Waals surface area contributed by atoms with E-state index in [9.17, 15) is 0 Å². The molecule has 0 bridgehead atoms. The zero-order chi connectivity index (χ0) is 15.6. The van der Waals surface area contributed by atoms with Crippen molar-refractivity contribution in [3.8, 4) is 23.0 Å². The van der Waals surface area contributed by atoms with E-state index in [-0.39, 0.29) is 0 Å². The summed E-state index contributed by atoms with van der Waals surface area (Å²) in [4.78, 5) is 0. The third-order valence-corrected chi connectivity index (χ3v) is 3.84. The number of aromatic nitrogens is 4. The molecule has 0 N–H and O–H groups in total. The van der Waals surface area contributed by atoms with Crippen LogP contribution < -0.4 is 4.74 Å². The third-order valence-electron chi connectivity index (χ3n) is 3.31. The Labute approximate surface area is 140 Å². The van der Waals surface area contributed by atoms with Gasteiger partial charge in [-0.1, -0.05) is 46.3 Å². The Morgan fingerprint density at radius 1 is 0.826 bits per heavy atom. The topological polar surface area (TPSA) is 52.3 Å². The Hall–Kier alpha value is -2.73. The summed E-state index contributed by atoms with van der Waals surface area (Å²) >= 11 is 3.43. The third kappa shape index (κ3) is 2.80. The van der Waals surface area contributed by atoms with E-state index in [4.69, 9.17) is 4.74 Å². The number of para-hydroxylation sites is 1. The van der Waals surface area contributed by atoms with E-state index in [2.05, 4.69) is 31.2 Å². The van der Waals surface area contributed by atoms with Gasteiger partial charge in [-0.2, -0.15) is 4.52 Å². The maximum absolute atomic E-state index is 5.77. The van der Waals surface area contributed by atoms with Crippen LogP contribution in [-0.2, 0) is 0 Å². The molecule has 2 aromatic heterocycles. The summed E-state index contributed by atoms with van der Waals surface area (Å²) in [5, 5.41) is 12.9. The second-order valence-electron chi connectivity index (χ2n) is 4.89. The van der Waals surface area contributed by atoms with E-state index in [1.165, 1.54) is 0 Å². The summed E-state index contributed by atoms with van der Waals surface area (Å²) in [5.74, 6) is 1.89. The van der Waals surface area contributed by atoms with Crippen LogP contribution >= 0.6 is 15.9 Å². The van der Waals surface area contributed by atoms with Crippen LogP contribution in [-0.4, -0.2) is 19.8 Å². The molecule has 112 valence electrons. The fourth-order valence-corrected chi connectivity index (χ4v) is 2.48. The van der Waals surface area contributed by atoms with Crippen LogP contribution in [0.1, 0.15) is 0 Å². The van der Waals surface area contributed by atoms with Crippen LogP contribution in [0.4, 0.5) is 0 Å². The number of hydrogen-bond acceptors (Lipinski definition) is 4. The number of halogens is 1. The van der Waals surface area contributed by atoms with Gasteiger partial charge in [0.25, 0.3) is 0 Å². The Morgan fingerprint density at radius 3 is 2.39 bits per heavy atom. The van der Waals surface area contributed by atoms with Crippen molar-refractivity contribution in [2.75, 3.05) is 0 Å². The fraction of sp³-hybridized carbons (Fsp3) is 0. The minimum atomic E-state index is 0.488. The minimum Gasteiger partial charge on any atom is -0.438 e. The number of benzene rings is 2. The second-order valence-corrected chi connectivity index (χ2v) is 5.80. The number of hydrogen-bond donors (Lipinski definition) is 0. The summed E-state index contributed by atoms with van der Waals surface area (Å²) in [6.45, 7) is 0. The van der Waals surface area contributed by atoms with E-state index in [0.717, 1.165) is 15.8 Å². The van der Waals surface area contributed by atoms with Crippen molar-refractivity contribution in [2.45, 2.75) is 0 Å². The Balaban J connectivity index is 1.75. The first kappa shape index (κ1) is 13.9. The Kier molecular flexibility index (Phi) is 3.51. The van der Waals surface area contributed by atoms with E-state index in [1.807, 2.05) is 60.7 Å². The molecule has 0 saturated heterocycles. The maximum atomic E-state index is 5.77. The molecule has 4 aromatic rings. The molecule has 0 saturated carbocycles. The molecule has 2 heterocycles. The SMILES string of the molecule is Brc1ccc(-c2nnc3ccc(Oc4ccccc4)nn23)cc1. The summed E-state index contributed by atoms with van der Waals surface area (Å²) in [6, 6.07) is 21.0. The highest BCUT2D eigenvalue weighted by molar-refractivity contribution is 9.10. The largest absolute Gasteiger partial charge is 0.438 e. The van der Waals surface area contributed by atoms with Crippen LogP contribution in [0.5, 0.6) is 11.6 Å². The quantitative estimate of drug-likeness (QED) is 0.540. The van der Waals surface area contributed by atoms with Gasteiger partial charge in [0.2, 0.25) is 5.88 Å². The van der Waals surface area contributed by atoms with Crippen LogP contribution in [0.2, 0.25) is 0 Å². The molecule has 0 aliphatic carbocycles. The predicted molar refractivity (Wildman–Crippen MR) is 90.4 cm³/mol. The summed E-state index contributed by atoms with van der Waals surface area (Å²) < 4.78 is 8.46. The van der Waals surface area contributed by atoms with Gasteiger partial charge in [-0.3, -0.25) is 0 Å². The highest BCUT2D eigenvalue weighted by atomic mass is 79.9. The van der Waals surface area contributed by atoms with Gasteiger partial charge >= 0.3 is 0 Å². The van der Waals surface area contributed by atoms with Gasteiger partial charge in [0.1, 0.15) is 5.75 Å². The predicted octanol–water partition coefficient (Wildman–Crippen LogP) is 4.35. The first-order chi connectivity index (χ1) is 11.3. The lowest BCUT2D eigenvalue weighted by Gasteiger charge is -2.05. The van der Waals surface area contributed by atoms with Crippen LogP contribution in [0.15, 0.2) is 71.2 Å². The van der Waals surface area contributed by atoms with Crippen molar-refractivity contribution in [3.05, 3.63) is 71.2 Å². The molecule has 5 nitrogen and oxygen atoms in total. The molecule has 6 heteroatoms. The van der Waals surface area contributed by atoms with Crippen molar-refractivity contribution in [3.63, 3.8) is 0 Å². The highest BCUT2D eigenvalue weighted by Crippen LogP contribution is 2.23. The molecule has 0 spiro atoms. The number of nitrogens with zero attached hydrogens (tertiary/aromatic N) is 4. The lowest BCUT2D eigenvalue weighted by molar-refractivity contribution is 0.453. The minimum absolute atomic E-state index is 0.488. The zero-order valence-corrected chi connectivity index (χ0v) is 13.5. The molecule has 0 amide bonds. The Bertz CT molecular complexity index is 951. The van der Waals surface area contributed by atoms with Gasteiger partial charge < -0.3 is 4.74 Å². The van der Waals surface area contributed by atoms with Gasteiger partial charge in [-0.05, 0) is 30.3 Å². The molecule has 0 aliphatic rings. The van der Waals surface area contributed by atoms with E-state index >= 15 is 0 Å². The maximum Gasteiger partial charge on any atom is 0.237 e. The van der Waals surface area contributed by atoms with Gasteiger partial charge in [0, 0.05) is 16.1 Å².